The highest BCUT2D eigenvalue weighted by Crippen LogP contribution is 2.02. The zero-order valence-electron chi connectivity index (χ0n) is 5.58. The molecule has 0 unspecified atom stereocenters. The molecule has 0 aromatic rings. The van der Waals surface area contributed by atoms with Crippen LogP contribution in [0.1, 0.15) is 0 Å². The van der Waals surface area contributed by atoms with Crippen molar-refractivity contribution >= 4 is 10.0 Å². The SMILES string of the molecule is C=CS(=O)(=O)N1CCNC1. The van der Waals surface area contributed by atoms with Gasteiger partial charge in [-0.2, -0.15) is 4.31 Å². The van der Waals surface area contributed by atoms with Crippen molar-refractivity contribution in [3.63, 3.8) is 0 Å². The molecule has 1 heterocycles. The number of nitrogens with one attached hydrogen (secondary N) is 1. The molecule has 5 heteroatoms. The Bertz CT molecular complexity index is 216. The van der Waals surface area contributed by atoms with Gasteiger partial charge in [0.1, 0.15) is 0 Å². The lowest BCUT2D eigenvalue weighted by Gasteiger charge is -2.09. The van der Waals surface area contributed by atoms with Gasteiger partial charge in [0.2, 0.25) is 10.0 Å². The molecule has 10 heavy (non-hydrogen) atoms. The fourth-order valence-electron chi connectivity index (χ4n) is 0.809. The molecule has 0 spiro atoms. The van der Waals surface area contributed by atoms with Gasteiger partial charge in [-0.15, -0.1) is 0 Å². The Morgan fingerprint density at radius 2 is 2.30 bits per heavy atom. The minimum absolute atomic E-state index is 0.411. The summed E-state index contributed by atoms with van der Waals surface area (Å²) in [7, 11) is -3.16. The molecule has 58 valence electrons. The fraction of sp³-hybridized carbons (Fsp3) is 0.600. The summed E-state index contributed by atoms with van der Waals surface area (Å²) in [6.07, 6.45) is 0. The smallest absolute Gasteiger partial charge is 0.236 e. The minimum Gasteiger partial charge on any atom is -0.302 e. The molecular weight excluding hydrogens is 152 g/mol. The van der Waals surface area contributed by atoms with Crippen molar-refractivity contribution in [1.29, 1.82) is 0 Å². The van der Waals surface area contributed by atoms with Crippen LogP contribution in [-0.2, 0) is 10.0 Å². The molecule has 0 atom stereocenters. The van der Waals surface area contributed by atoms with Gasteiger partial charge in [0.25, 0.3) is 0 Å². The van der Waals surface area contributed by atoms with Crippen LogP contribution in [0, 0.1) is 0 Å². The van der Waals surface area contributed by atoms with E-state index in [9.17, 15) is 8.42 Å². The summed E-state index contributed by atoms with van der Waals surface area (Å²) < 4.78 is 23.3. The van der Waals surface area contributed by atoms with E-state index in [2.05, 4.69) is 11.9 Å². The molecule has 0 aliphatic carbocycles. The van der Waals surface area contributed by atoms with Crippen LogP contribution in [0.3, 0.4) is 0 Å². The van der Waals surface area contributed by atoms with Gasteiger partial charge in [0.05, 0.1) is 6.67 Å². The van der Waals surface area contributed by atoms with Crippen molar-refractivity contribution in [2.75, 3.05) is 19.8 Å². The predicted molar refractivity (Wildman–Crippen MR) is 38.7 cm³/mol. The molecule has 1 saturated heterocycles. The van der Waals surface area contributed by atoms with Gasteiger partial charge in [-0.25, -0.2) is 8.42 Å². The van der Waals surface area contributed by atoms with Gasteiger partial charge in [-0.05, 0) is 0 Å². The van der Waals surface area contributed by atoms with Crippen LogP contribution in [0.4, 0.5) is 0 Å². The zero-order valence-corrected chi connectivity index (χ0v) is 6.39. The van der Waals surface area contributed by atoms with Gasteiger partial charge in [0.15, 0.2) is 0 Å². The summed E-state index contributed by atoms with van der Waals surface area (Å²) in [6.45, 7) is 4.91. The van der Waals surface area contributed by atoms with Crippen LogP contribution in [-0.4, -0.2) is 32.5 Å². The van der Waals surface area contributed by atoms with E-state index in [1.54, 1.807) is 0 Å². The maximum absolute atomic E-state index is 11.0. The number of hydrogen-bond donors (Lipinski definition) is 1. The first-order chi connectivity index (χ1) is 4.67. The van der Waals surface area contributed by atoms with E-state index >= 15 is 0 Å². The summed E-state index contributed by atoms with van der Waals surface area (Å²) in [6, 6.07) is 0. The Morgan fingerprint density at radius 3 is 2.70 bits per heavy atom. The maximum Gasteiger partial charge on any atom is 0.236 e. The highest BCUT2D eigenvalue weighted by atomic mass is 32.2. The molecular formula is C5H10N2O2S. The summed E-state index contributed by atoms with van der Waals surface area (Å²) >= 11 is 0. The summed E-state index contributed by atoms with van der Waals surface area (Å²) in [5.74, 6) is 0. The third kappa shape index (κ3) is 1.36. The van der Waals surface area contributed by atoms with Crippen molar-refractivity contribution in [2.45, 2.75) is 0 Å². The first-order valence-corrected chi connectivity index (χ1v) is 4.50. The van der Waals surface area contributed by atoms with Gasteiger partial charge in [-0.3, -0.25) is 0 Å². The normalized spacial score (nSPS) is 21.2. The summed E-state index contributed by atoms with van der Waals surface area (Å²) in [5, 5.41) is 3.88. The van der Waals surface area contributed by atoms with Crippen molar-refractivity contribution in [1.82, 2.24) is 9.62 Å². The van der Waals surface area contributed by atoms with Crippen LogP contribution >= 0.6 is 0 Å². The number of sulfonamides is 1. The molecule has 0 radical (unpaired) electrons. The molecule has 4 nitrogen and oxygen atoms in total. The van der Waals surface area contributed by atoms with Gasteiger partial charge in [-0.1, -0.05) is 6.58 Å². The number of hydrogen-bond acceptors (Lipinski definition) is 3. The average Bonchev–Trinajstić information content (AvgIpc) is 2.38. The minimum atomic E-state index is -3.16. The lowest BCUT2D eigenvalue weighted by Crippen LogP contribution is -2.27. The Labute approximate surface area is 60.6 Å². The molecule has 0 aromatic carbocycles. The Kier molecular flexibility index (Phi) is 2.08. The van der Waals surface area contributed by atoms with E-state index in [-0.39, 0.29) is 0 Å². The van der Waals surface area contributed by atoms with Crippen LogP contribution in [0.15, 0.2) is 12.0 Å². The van der Waals surface area contributed by atoms with Crippen LogP contribution in [0.5, 0.6) is 0 Å². The summed E-state index contributed by atoms with van der Waals surface area (Å²) in [5.41, 5.74) is 0. The molecule has 0 saturated carbocycles. The third-order valence-electron chi connectivity index (χ3n) is 1.40. The molecule has 1 rings (SSSR count). The predicted octanol–water partition coefficient (Wildman–Crippen LogP) is -0.678. The van der Waals surface area contributed by atoms with Crippen molar-refractivity contribution < 1.29 is 8.42 Å². The molecule has 1 N–H and O–H groups in total. The Hall–Kier alpha value is -0.390. The highest BCUT2D eigenvalue weighted by Gasteiger charge is 2.21. The lowest BCUT2D eigenvalue weighted by atomic mass is 10.7. The Morgan fingerprint density at radius 1 is 1.60 bits per heavy atom. The quantitative estimate of drug-likeness (QED) is 0.585. The fourth-order valence-corrected chi connectivity index (χ4v) is 1.64. The van der Waals surface area contributed by atoms with Crippen molar-refractivity contribution in [2.24, 2.45) is 0 Å². The first-order valence-electron chi connectivity index (χ1n) is 3.00. The highest BCUT2D eigenvalue weighted by molar-refractivity contribution is 7.92. The van der Waals surface area contributed by atoms with E-state index in [0.717, 1.165) is 12.0 Å². The van der Waals surface area contributed by atoms with Crippen LogP contribution in [0.2, 0.25) is 0 Å². The maximum atomic E-state index is 11.0. The third-order valence-corrected chi connectivity index (χ3v) is 2.85. The Balaban J connectivity index is 2.72. The molecule has 1 aliphatic heterocycles. The molecule has 0 bridgehead atoms. The van der Waals surface area contributed by atoms with E-state index in [1.165, 1.54) is 4.31 Å². The average molecular weight is 162 g/mol. The number of rotatable bonds is 2. The van der Waals surface area contributed by atoms with Gasteiger partial charge >= 0.3 is 0 Å². The van der Waals surface area contributed by atoms with E-state index in [4.69, 9.17) is 0 Å². The largest absolute Gasteiger partial charge is 0.302 e. The van der Waals surface area contributed by atoms with Crippen LogP contribution in [0.25, 0.3) is 0 Å². The number of nitrogens with zero attached hydrogens (tertiary/aromatic N) is 1. The van der Waals surface area contributed by atoms with Crippen molar-refractivity contribution in [3.8, 4) is 0 Å². The summed E-state index contributed by atoms with van der Waals surface area (Å²) in [4.78, 5) is 0. The second kappa shape index (κ2) is 2.69. The van der Waals surface area contributed by atoms with E-state index < -0.39 is 10.0 Å². The first kappa shape index (κ1) is 7.71. The molecule has 0 amide bonds. The van der Waals surface area contributed by atoms with Gasteiger partial charge < -0.3 is 5.32 Å². The molecule has 1 fully saturated rings. The topological polar surface area (TPSA) is 49.4 Å². The lowest BCUT2D eigenvalue weighted by molar-refractivity contribution is 0.482. The van der Waals surface area contributed by atoms with Gasteiger partial charge in [0, 0.05) is 18.5 Å². The molecule has 1 aliphatic rings. The monoisotopic (exact) mass is 162 g/mol. The standard InChI is InChI=1S/C5H10N2O2S/c1-2-10(8,9)7-4-3-6-5-7/h2,6H,1,3-5H2. The second-order valence-electron chi connectivity index (χ2n) is 2.05. The second-order valence-corrected chi connectivity index (χ2v) is 3.92. The van der Waals surface area contributed by atoms with Crippen molar-refractivity contribution in [3.05, 3.63) is 12.0 Å². The van der Waals surface area contributed by atoms with E-state index in [0.29, 0.717) is 13.2 Å². The zero-order chi connectivity index (χ0) is 7.61. The van der Waals surface area contributed by atoms with Crippen LogP contribution < -0.4 is 5.32 Å². The molecule has 0 aromatic heterocycles. The van der Waals surface area contributed by atoms with E-state index in [1.807, 2.05) is 0 Å².